The van der Waals surface area contributed by atoms with Crippen LogP contribution in [0.2, 0.25) is 5.02 Å². The normalized spacial score (nSPS) is 21.8. The van der Waals surface area contributed by atoms with E-state index in [1.807, 2.05) is 24.3 Å². The molecule has 0 radical (unpaired) electrons. The minimum atomic E-state index is -0.0931. The Morgan fingerprint density at radius 3 is 2.57 bits per heavy atom. The molecule has 3 nitrogen and oxygen atoms in total. The molecule has 23 heavy (non-hydrogen) atoms. The van der Waals surface area contributed by atoms with Gasteiger partial charge in [-0.25, -0.2) is 0 Å². The number of hydrogen-bond acceptors (Lipinski definition) is 2. The summed E-state index contributed by atoms with van der Waals surface area (Å²) in [5, 5.41) is 4.19. The Balaban J connectivity index is 1.72. The number of halogens is 1. The second-order valence-corrected chi connectivity index (χ2v) is 7.97. The van der Waals surface area contributed by atoms with Gasteiger partial charge in [-0.05, 0) is 54.8 Å². The number of nitrogens with one attached hydrogen (secondary N) is 1. The summed E-state index contributed by atoms with van der Waals surface area (Å²) in [5.41, 5.74) is 1.49. The van der Waals surface area contributed by atoms with Crippen LogP contribution in [0.3, 0.4) is 0 Å². The first kappa shape index (κ1) is 16.8. The van der Waals surface area contributed by atoms with E-state index in [0.29, 0.717) is 10.4 Å². The molecule has 1 atom stereocenters. The van der Waals surface area contributed by atoms with Gasteiger partial charge in [0, 0.05) is 24.7 Å². The number of hydrogen-bond donors (Lipinski definition) is 1. The van der Waals surface area contributed by atoms with E-state index >= 15 is 0 Å². The summed E-state index contributed by atoms with van der Waals surface area (Å²) in [7, 11) is 0. The topological polar surface area (TPSA) is 32.3 Å². The molecule has 1 aromatic rings. The molecule has 0 aromatic heterocycles. The molecule has 1 spiro atoms. The smallest absolute Gasteiger partial charge is 0.230 e. The summed E-state index contributed by atoms with van der Waals surface area (Å²) >= 11 is 6.13. The summed E-state index contributed by atoms with van der Waals surface area (Å²) in [4.78, 5) is 15.2. The first-order valence-electron chi connectivity index (χ1n) is 8.76. The van der Waals surface area contributed by atoms with Gasteiger partial charge in [-0.3, -0.25) is 4.79 Å². The van der Waals surface area contributed by atoms with E-state index < -0.39 is 0 Å². The van der Waals surface area contributed by atoms with Crippen LogP contribution < -0.4 is 5.32 Å². The number of rotatable bonds is 3. The summed E-state index contributed by atoms with van der Waals surface area (Å²) in [6.07, 6.45) is 3.52. The lowest BCUT2D eigenvalue weighted by Crippen LogP contribution is -2.46. The predicted molar refractivity (Wildman–Crippen MR) is 94.8 cm³/mol. The molecule has 126 valence electrons. The second-order valence-electron chi connectivity index (χ2n) is 7.53. The van der Waals surface area contributed by atoms with Gasteiger partial charge in [-0.15, -0.1) is 0 Å². The zero-order valence-electron chi connectivity index (χ0n) is 14.1. The van der Waals surface area contributed by atoms with Gasteiger partial charge in [0.05, 0.1) is 5.92 Å². The van der Waals surface area contributed by atoms with Crippen molar-refractivity contribution in [2.75, 3.05) is 26.2 Å². The lowest BCUT2D eigenvalue weighted by atomic mass is 9.77. The fourth-order valence-corrected chi connectivity index (χ4v) is 4.33. The van der Waals surface area contributed by atoms with Crippen molar-refractivity contribution in [3.8, 4) is 0 Å². The molecule has 2 fully saturated rings. The summed E-state index contributed by atoms with van der Waals surface area (Å²) in [6, 6.07) is 7.78. The molecule has 2 saturated heterocycles. The molecular weight excluding hydrogens is 308 g/mol. The van der Waals surface area contributed by atoms with Gasteiger partial charge < -0.3 is 10.2 Å². The first-order valence-corrected chi connectivity index (χ1v) is 9.14. The van der Waals surface area contributed by atoms with Gasteiger partial charge in [0.2, 0.25) is 5.91 Å². The molecule has 4 heteroatoms. The first-order chi connectivity index (χ1) is 11.0. The van der Waals surface area contributed by atoms with E-state index in [1.54, 1.807) is 0 Å². The summed E-state index contributed by atoms with van der Waals surface area (Å²) < 4.78 is 0. The van der Waals surface area contributed by atoms with Gasteiger partial charge >= 0.3 is 0 Å². The Bertz CT molecular complexity index is 556. The van der Waals surface area contributed by atoms with Gasteiger partial charge in [-0.2, -0.15) is 0 Å². The van der Waals surface area contributed by atoms with E-state index in [4.69, 9.17) is 11.6 Å². The maximum Gasteiger partial charge on any atom is 0.230 e. The number of carbonyl (C=O) groups is 1. The molecule has 2 aliphatic heterocycles. The van der Waals surface area contributed by atoms with Crippen LogP contribution in [0.1, 0.15) is 44.6 Å². The van der Waals surface area contributed by atoms with Crippen molar-refractivity contribution in [2.45, 2.75) is 39.0 Å². The molecule has 1 aromatic carbocycles. The minimum Gasteiger partial charge on any atom is -0.342 e. The fourth-order valence-electron chi connectivity index (χ4n) is 4.13. The lowest BCUT2D eigenvalue weighted by Gasteiger charge is -2.40. The van der Waals surface area contributed by atoms with Crippen molar-refractivity contribution in [3.63, 3.8) is 0 Å². The molecule has 0 bridgehead atoms. The maximum atomic E-state index is 13.1. The third kappa shape index (κ3) is 3.56. The Morgan fingerprint density at radius 1 is 1.26 bits per heavy atom. The largest absolute Gasteiger partial charge is 0.342 e. The van der Waals surface area contributed by atoms with Gasteiger partial charge in [0.25, 0.3) is 0 Å². The van der Waals surface area contributed by atoms with Crippen molar-refractivity contribution < 1.29 is 4.79 Å². The number of likely N-dealkylation sites (tertiary alicyclic amines) is 1. The number of nitrogens with zero attached hydrogens (tertiary/aromatic N) is 1. The maximum absolute atomic E-state index is 13.1. The Morgan fingerprint density at radius 2 is 2.00 bits per heavy atom. The lowest BCUT2D eigenvalue weighted by molar-refractivity contribution is -0.136. The molecule has 3 rings (SSSR count). The van der Waals surface area contributed by atoms with Gasteiger partial charge in [-0.1, -0.05) is 37.6 Å². The molecule has 2 heterocycles. The average molecular weight is 335 g/mol. The highest BCUT2D eigenvalue weighted by atomic mass is 35.5. The Kier molecular flexibility index (Phi) is 4.98. The van der Waals surface area contributed by atoms with Crippen molar-refractivity contribution in [1.29, 1.82) is 0 Å². The van der Waals surface area contributed by atoms with E-state index in [1.165, 1.54) is 6.42 Å². The molecule has 1 unspecified atom stereocenters. The van der Waals surface area contributed by atoms with Crippen LogP contribution in [0.4, 0.5) is 0 Å². The van der Waals surface area contributed by atoms with Crippen LogP contribution in [0, 0.1) is 11.3 Å². The molecular formula is C19H27ClN2O. The Labute approximate surface area is 144 Å². The fraction of sp³-hybridized carbons (Fsp3) is 0.632. The third-order valence-corrected chi connectivity index (χ3v) is 5.84. The number of piperidine rings is 1. The van der Waals surface area contributed by atoms with Gasteiger partial charge in [0.1, 0.15) is 0 Å². The molecule has 2 aliphatic rings. The second kappa shape index (κ2) is 6.82. The summed E-state index contributed by atoms with van der Waals surface area (Å²) in [5.74, 6) is 0.442. The Hall–Kier alpha value is -1.06. The zero-order valence-corrected chi connectivity index (χ0v) is 14.9. The van der Waals surface area contributed by atoms with E-state index in [2.05, 4.69) is 24.1 Å². The third-order valence-electron chi connectivity index (χ3n) is 5.61. The molecule has 0 aliphatic carbocycles. The van der Waals surface area contributed by atoms with Crippen molar-refractivity contribution in [1.82, 2.24) is 10.2 Å². The standard InChI is InChI=1S/C19H27ClN2O/c1-14(2)17(15-4-3-5-16(20)12-15)18(23)22-10-7-19(8-11-22)6-9-21-13-19/h3-5,12,14,17,21H,6-11,13H2,1-2H3. The van der Waals surface area contributed by atoms with Crippen LogP contribution in [0.5, 0.6) is 0 Å². The van der Waals surface area contributed by atoms with Crippen LogP contribution in [-0.2, 0) is 4.79 Å². The highest BCUT2D eigenvalue weighted by Gasteiger charge is 2.39. The van der Waals surface area contributed by atoms with Crippen LogP contribution in [0.25, 0.3) is 0 Å². The van der Waals surface area contributed by atoms with E-state index in [0.717, 1.165) is 44.6 Å². The van der Waals surface area contributed by atoms with Crippen LogP contribution >= 0.6 is 11.6 Å². The molecule has 1 amide bonds. The predicted octanol–water partition coefficient (Wildman–Crippen LogP) is 3.68. The quantitative estimate of drug-likeness (QED) is 0.914. The van der Waals surface area contributed by atoms with Crippen molar-refractivity contribution in [3.05, 3.63) is 34.9 Å². The number of benzene rings is 1. The molecule has 1 N–H and O–H groups in total. The minimum absolute atomic E-state index is 0.0931. The van der Waals surface area contributed by atoms with Crippen LogP contribution in [-0.4, -0.2) is 37.0 Å². The van der Waals surface area contributed by atoms with Crippen molar-refractivity contribution >= 4 is 17.5 Å². The van der Waals surface area contributed by atoms with E-state index in [-0.39, 0.29) is 17.7 Å². The number of amides is 1. The zero-order chi connectivity index (χ0) is 16.4. The SMILES string of the molecule is CC(C)C(C(=O)N1CCC2(CCNC2)CC1)c1cccc(Cl)c1. The monoisotopic (exact) mass is 334 g/mol. The average Bonchev–Trinajstić information content (AvgIpc) is 2.96. The summed E-state index contributed by atoms with van der Waals surface area (Å²) in [6.45, 7) is 8.28. The highest BCUT2D eigenvalue weighted by molar-refractivity contribution is 6.30. The van der Waals surface area contributed by atoms with E-state index in [9.17, 15) is 4.79 Å². The van der Waals surface area contributed by atoms with Crippen molar-refractivity contribution in [2.24, 2.45) is 11.3 Å². The number of carbonyl (C=O) groups excluding carboxylic acids is 1. The van der Waals surface area contributed by atoms with Gasteiger partial charge in [0.15, 0.2) is 0 Å². The molecule has 0 saturated carbocycles. The van der Waals surface area contributed by atoms with Crippen LogP contribution in [0.15, 0.2) is 24.3 Å². The highest BCUT2D eigenvalue weighted by Crippen LogP contribution is 2.38.